The summed E-state index contributed by atoms with van der Waals surface area (Å²) in [7, 11) is 0. The first-order valence-corrected chi connectivity index (χ1v) is 10.3. The monoisotopic (exact) mass is 402 g/mol. The molecule has 1 aromatic carbocycles. The lowest BCUT2D eigenvalue weighted by Gasteiger charge is -2.20. The highest BCUT2D eigenvalue weighted by Crippen LogP contribution is 2.33. The second-order valence-electron chi connectivity index (χ2n) is 7.55. The van der Waals surface area contributed by atoms with E-state index in [0.717, 1.165) is 54.1 Å². The molecule has 0 spiro atoms. The summed E-state index contributed by atoms with van der Waals surface area (Å²) in [6.07, 6.45) is 6.54. The van der Waals surface area contributed by atoms with Crippen LogP contribution in [0.25, 0.3) is 11.3 Å². The molecule has 2 aromatic heterocycles. The second-order valence-corrected chi connectivity index (χ2v) is 7.55. The number of nitrogens with zero attached hydrogens (tertiary/aromatic N) is 3. The maximum absolute atomic E-state index is 11.0. The normalized spacial score (nSPS) is 11.9. The SMILES string of the molecule is CC(=O)NCCCNc1cc2c(cn1)CCc1cnc(Nc3cccc(C)c3)nc1-2. The summed E-state index contributed by atoms with van der Waals surface area (Å²) in [6, 6.07) is 10.2. The van der Waals surface area contributed by atoms with Crippen molar-refractivity contribution in [1.29, 1.82) is 0 Å². The fourth-order valence-electron chi connectivity index (χ4n) is 3.57. The van der Waals surface area contributed by atoms with Crippen LogP contribution < -0.4 is 16.0 Å². The average molecular weight is 403 g/mol. The fraction of sp³-hybridized carbons (Fsp3) is 0.304. The Bertz CT molecular complexity index is 1070. The van der Waals surface area contributed by atoms with Gasteiger partial charge < -0.3 is 16.0 Å². The van der Waals surface area contributed by atoms with E-state index in [0.29, 0.717) is 12.5 Å². The van der Waals surface area contributed by atoms with Gasteiger partial charge in [0.25, 0.3) is 0 Å². The van der Waals surface area contributed by atoms with Crippen LogP contribution in [0.5, 0.6) is 0 Å². The van der Waals surface area contributed by atoms with Gasteiger partial charge >= 0.3 is 0 Å². The van der Waals surface area contributed by atoms with E-state index in [-0.39, 0.29) is 5.91 Å². The first-order chi connectivity index (χ1) is 14.6. The van der Waals surface area contributed by atoms with Crippen molar-refractivity contribution in [3.8, 4) is 11.3 Å². The summed E-state index contributed by atoms with van der Waals surface area (Å²) in [5.74, 6) is 1.40. The van der Waals surface area contributed by atoms with Crippen LogP contribution in [0.1, 0.15) is 30.0 Å². The Morgan fingerprint density at radius 1 is 1.07 bits per heavy atom. The van der Waals surface area contributed by atoms with Gasteiger partial charge in [0.05, 0.1) is 5.69 Å². The second kappa shape index (κ2) is 8.90. The zero-order chi connectivity index (χ0) is 20.9. The summed E-state index contributed by atoms with van der Waals surface area (Å²) in [6.45, 7) is 4.98. The van der Waals surface area contributed by atoms with Gasteiger partial charge in [-0.15, -0.1) is 0 Å². The molecule has 0 unspecified atom stereocenters. The molecule has 4 rings (SSSR count). The number of amides is 1. The number of nitrogens with one attached hydrogen (secondary N) is 3. The average Bonchev–Trinajstić information content (AvgIpc) is 2.73. The van der Waals surface area contributed by atoms with Crippen LogP contribution in [0, 0.1) is 6.92 Å². The van der Waals surface area contributed by atoms with Gasteiger partial charge in [-0.2, -0.15) is 0 Å². The van der Waals surface area contributed by atoms with Crippen LogP contribution in [0.15, 0.2) is 42.7 Å². The van der Waals surface area contributed by atoms with E-state index in [1.165, 1.54) is 18.1 Å². The molecule has 3 N–H and O–H groups in total. The number of carbonyl (C=O) groups is 1. The lowest BCUT2D eigenvalue weighted by Crippen LogP contribution is -2.22. The van der Waals surface area contributed by atoms with Crippen molar-refractivity contribution in [3.05, 3.63) is 59.4 Å². The highest BCUT2D eigenvalue weighted by atomic mass is 16.1. The number of benzene rings is 1. The third-order valence-corrected chi connectivity index (χ3v) is 5.08. The minimum atomic E-state index is -0.00623. The van der Waals surface area contributed by atoms with Crippen molar-refractivity contribution in [2.75, 3.05) is 23.7 Å². The molecule has 0 bridgehead atoms. The number of rotatable bonds is 7. The van der Waals surface area contributed by atoms with Crippen LogP contribution in [-0.4, -0.2) is 33.9 Å². The third-order valence-electron chi connectivity index (χ3n) is 5.08. The Morgan fingerprint density at radius 3 is 2.73 bits per heavy atom. The molecule has 30 heavy (non-hydrogen) atoms. The number of fused-ring (bicyclic) bond motifs is 3. The zero-order valence-corrected chi connectivity index (χ0v) is 17.3. The summed E-state index contributed by atoms with van der Waals surface area (Å²) < 4.78 is 0. The Hall–Kier alpha value is -3.48. The van der Waals surface area contributed by atoms with Crippen LogP contribution in [0.3, 0.4) is 0 Å². The van der Waals surface area contributed by atoms with Gasteiger partial charge in [0, 0.05) is 43.7 Å². The minimum Gasteiger partial charge on any atom is -0.370 e. The summed E-state index contributed by atoms with van der Waals surface area (Å²) in [5, 5.41) is 9.45. The van der Waals surface area contributed by atoms with Gasteiger partial charge in [-0.25, -0.2) is 15.0 Å². The molecule has 0 atom stereocenters. The molecule has 0 fully saturated rings. The van der Waals surface area contributed by atoms with Gasteiger partial charge in [0.15, 0.2) is 0 Å². The number of carbonyl (C=O) groups excluding carboxylic acids is 1. The van der Waals surface area contributed by atoms with Crippen LogP contribution >= 0.6 is 0 Å². The Balaban J connectivity index is 1.52. The smallest absolute Gasteiger partial charge is 0.227 e. The van der Waals surface area contributed by atoms with Crippen LogP contribution in [0.2, 0.25) is 0 Å². The maximum Gasteiger partial charge on any atom is 0.227 e. The molecule has 0 saturated carbocycles. The zero-order valence-electron chi connectivity index (χ0n) is 17.3. The van der Waals surface area contributed by atoms with E-state index in [9.17, 15) is 4.79 Å². The predicted octanol–water partition coefficient (Wildman–Crippen LogP) is 3.63. The summed E-state index contributed by atoms with van der Waals surface area (Å²) in [5.41, 5.74) is 6.58. The fourth-order valence-corrected chi connectivity index (χ4v) is 3.57. The highest BCUT2D eigenvalue weighted by molar-refractivity contribution is 5.73. The van der Waals surface area contributed by atoms with Gasteiger partial charge in [-0.05, 0) is 61.1 Å². The van der Waals surface area contributed by atoms with E-state index in [2.05, 4.69) is 51.0 Å². The number of aromatic nitrogens is 3. The van der Waals surface area contributed by atoms with Crippen molar-refractivity contribution in [2.24, 2.45) is 0 Å². The van der Waals surface area contributed by atoms with Crippen molar-refractivity contribution < 1.29 is 4.79 Å². The molecule has 1 aliphatic rings. The third kappa shape index (κ3) is 4.74. The summed E-state index contributed by atoms with van der Waals surface area (Å²) >= 11 is 0. The van der Waals surface area contributed by atoms with E-state index in [4.69, 9.17) is 4.98 Å². The first kappa shape index (κ1) is 19.8. The Morgan fingerprint density at radius 2 is 1.90 bits per heavy atom. The number of anilines is 3. The number of hydrogen-bond donors (Lipinski definition) is 3. The molecule has 154 valence electrons. The predicted molar refractivity (Wildman–Crippen MR) is 119 cm³/mol. The van der Waals surface area contributed by atoms with E-state index in [1.54, 1.807) is 0 Å². The topological polar surface area (TPSA) is 91.8 Å². The molecule has 0 aliphatic heterocycles. The molecule has 3 aromatic rings. The number of hydrogen-bond acceptors (Lipinski definition) is 6. The Kier molecular flexibility index (Phi) is 5.88. The van der Waals surface area contributed by atoms with Crippen molar-refractivity contribution in [3.63, 3.8) is 0 Å². The van der Waals surface area contributed by atoms with Gasteiger partial charge in [-0.3, -0.25) is 4.79 Å². The number of pyridine rings is 1. The van der Waals surface area contributed by atoms with E-state index in [1.807, 2.05) is 24.5 Å². The molecule has 7 heteroatoms. The van der Waals surface area contributed by atoms with Gasteiger partial charge in [-0.1, -0.05) is 12.1 Å². The lowest BCUT2D eigenvalue weighted by molar-refractivity contribution is -0.118. The number of aryl methyl sites for hydroxylation is 3. The minimum absolute atomic E-state index is 0.00623. The molecule has 1 aliphatic carbocycles. The molecule has 1 amide bonds. The summed E-state index contributed by atoms with van der Waals surface area (Å²) in [4.78, 5) is 24.8. The largest absolute Gasteiger partial charge is 0.370 e. The molecule has 0 saturated heterocycles. The molecule has 2 heterocycles. The van der Waals surface area contributed by atoms with E-state index >= 15 is 0 Å². The molecule has 7 nitrogen and oxygen atoms in total. The highest BCUT2D eigenvalue weighted by Gasteiger charge is 2.19. The van der Waals surface area contributed by atoms with Crippen LogP contribution in [-0.2, 0) is 17.6 Å². The quantitative estimate of drug-likeness (QED) is 0.523. The molecule has 0 radical (unpaired) electrons. The Labute approximate surface area is 176 Å². The first-order valence-electron chi connectivity index (χ1n) is 10.3. The molecular formula is C23H26N6O. The van der Waals surface area contributed by atoms with Gasteiger partial charge in [0.2, 0.25) is 11.9 Å². The van der Waals surface area contributed by atoms with Crippen molar-refractivity contribution in [2.45, 2.75) is 33.1 Å². The maximum atomic E-state index is 11.0. The van der Waals surface area contributed by atoms with Crippen molar-refractivity contribution >= 4 is 23.4 Å². The molecular weight excluding hydrogens is 376 g/mol. The van der Waals surface area contributed by atoms with Crippen molar-refractivity contribution in [1.82, 2.24) is 20.3 Å². The standard InChI is InChI=1S/C23H26N6O/c1-15-5-3-6-19(11-15)28-23-27-14-18-8-7-17-13-26-21(12-20(17)22(18)29-23)25-10-4-9-24-16(2)30/h3,5-6,11-14H,4,7-10H2,1-2H3,(H,24,30)(H,25,26)(H,27,28,29). The lowest BCUT2D eigenvalue weighted by atomic mass is 9.91. The van der Waals surface area contributed by atoms with E-state index < -0.39 is 0 Å². The van der Waals surface area contributed by atoms with Gasteiger partial charge in [0.1, 0.15) is 5.82 Å². The van der Waals surface area contributed by atoms with Crippen LogP contribution in [0.4, 0.5) is 17.5 Å².